The van der Waals surface area contributed by atoms with Crippen LogP contribution in [0.1, 0.15) is 45.2 Å². The summed E-state index contributed by atoms with van der Waals surface area (Å²) >= 11 is 0. The lowest BCUT2D eigenvalue weighted by Crippen LogP contribution is -2.48. The van der Waals surface area contributed by atoms with Crippen molar-refractivity contribution in [2.45, 2.75) is 44.9 Å². The lowest BCUT2D eigenvalue weighted by molar-refractivity contribution is 0.142. The van der Waals surface area contributed by atoms with Crippen molar-refractivity contribution < 1.29 is 9.90 Å². The highest BCUT2D eigenvalue weighted by atomic mass is 16.4. The van der Waals surface area contributed by atoms with Gasteiger partial charge in [0, 0.05) is 31.7 Å². The molecule has 2 aromatic rings. The van der Waals surface area contributed by atoms with E-state index in [9.17, 15) is 4.79 Å². The lowest BCUT2D eigenvalue weighted by atomic mass is 9.82. The van der Waals surface area contributed by atoms with E-state index in [1.165, 1.54) is 16.0 Å². The summed E-state index contributed by atoms with van der Waals surface area (Å²) in [4.78, 5) is 19.7. The van der Waals surface area contributed by atoms with Gasteiger partial charge in [-0.05, 0) is 46.6 Å². The first-order valence-corrected chi connectivity index (χ1v) is 10.0. The monoisotopic (exact) mass is 379 g/mol. The van der Waals surface area contributed by atoms with E-state index in [-0.39, 0.29) is 10.8 Å². The third-order valence-electron chi connectivity index (χ3n) is 6.27. The number of rotatable bonds is 2. The minimum absolute atomic E-state index is 0.166. The molecular weight excluding hydrogens is 350 g/mol. The molecule has 4 rings (SSSR count). The first-order valence-electron chi connectivity index (χ1n) is 10.0. The molecule has 1 fully saturated rings. The molecule has 0 saturated carbocycles. The largest absolute Gasteiger partial charge is 0.465 e. The molecule has 28 heavy (non-hydrogen) atoms. The molecule has 0 bridgehead atoms. The number of pyridine rings is 1. The first kappa shape index (κ1) is 18.8. The van der Waals surface area contributed by atoms with Gasteiger partial charge in [-0.3, -0.25) is 0 Å². The number of hydrogen-bond donors (Lipinski definition) is 1. The van der Waals surface area contributed by atoms with E-state index in [0.717, 1.165) is 23.5 Å². The molecule has 1 aromatic heterocycles. The minimum Gasteiger partial charge on any atom is -0.465 e. The van der Waals surface area contributed by atoms with Crippen molar-refractivity contribution in [3.63, 3.8) is 0 Å². The van der Waals surface area contributed by atoms with Gasteiger partial charge in [-0.1, -0.05) is 45.9 Å². The highest BCUT2D eigenvalue weighted by molar-refractivity contribution is 5.67. The van der Waals surface area contributed by atoms with E-state index < -0.39 is 6.09 Å². The molecule has 0 unspecified atom stereocenters. The van der Waals surface area contributed by atoms with Crippen LogP contribution in [-0.2, 0) is 10.8 Å². The predicted molar refractivity (Wildman–Crippen MR) is 112 cm³/mol. The summed E-state index contributed by atoms with van der Waals surface area (Å²) in [6.07, 6.45) is 0.310. The second-order valence-electron chi connectivity index (χ2n) is 9.34. The van der Waals surface area contributed by atoms with Crippen molar-refractivity contribution in [3.05, 3.63) is 47.5 Å². The predicted octanol–water partition coefficient (Wildman–Crippen LogP) is 4.51. The molecule has 1 aliphatic carbocycles. The number of hydrogen-bond acceptors (Lipinski definition) is 3. The van der Waals surface area contributed by atoms with Gasteiger partial charge < -0.3 is 14.9 Å². The number of nitrogens with zero attached hydrogens (tertiary/aromatic N) is 3. The molecule has 1 aromatic carbocycles. The lowest BCUT2D eigenvalue weighted by Gasteiger charge is -2.34. The maximum Gasteiger partial charge on any atom is 0.407 e. The Kier molecular flexibility index (Phi) is 4.36. The normalized spacial score (nSPS) is 20.1. The summed E-state index contributed by atoms with van der Waals surface area (Å²) in [6.45, 7) is 11.7. The quantitative estimate of drug-likeness (QED) is 0.834. The van der Waals surface area contributed by atoms with Gasteiger partial charge in [-0.15, -0.1) is 0 Å². The van der Waals surface area contributed by atoms with Gasteiger partial charge in [-0.25, -0.2) is 9.78 Å². The van der Waals surface area contributed by atoms with Gasteiger partial charge in [0.25, 0.3) is 0 Å². The number of carboxylic acid groups (broad SMARTS) is 1. The van der Waals surface area contributed by atoms with Gasteiger partial charge >= 0.3 is 6.09 Å². The maximum absolute atomic E-state index is 11.1. The van der Waals surface area contributed by atoms with E-state index in [1.807, 2.05) is 12.1 Å². The second kappa shape index (κ2) is 6.50. The molecule has 5 nitrogen and oxygen atoms in total. The number of aromatic nitrogens is 1. The molecule has 5 heteroatoms. The van der Waals surface area contributed by atoms with Gasteiger partial charge in [0.15, 0.2) is 0 Å². The number of anilines is 1. The molecule has 148 valence electrons. The molecule has 2 heterocycles. The van der Waals surface area contributed by atoms with Crippen LogP contribution in [0.15, 0.2) is 36.4 Å². The zero-order valence-electron chi connectivity index (χ0n) is 17.2. The van der Waals surface area contributed by atoms with Crippen molar-refractivity contribution in [2.75, 3.05) is 31.1 Å². The van der Waals surface area contributed by atoms with Gasteiger partial charge in [0.1, 0.15) is 5.82 Å². The highest BCUT2D eigenvalue weighted by Gasteiger charge is 2.41. The zero-order chi connectivity index (χ0) is 20.1. The summed E-state index contributed by atoms with van der Waals surface area (Å²) in [6, 6.07) is 12.9. The van der Waals surface area contributed by atoms with Crippen molar-refractivity contribution in [2.24, 2.45) is 0 Å². The van der Waals surface area contributed by atoms with Crippen LogP contribution < -0.4 is 4.90 Å². The summed E-state index contributed by atoms with van der Waals surface area (Å²) in [5.41, 5.74) is 5.37. The summed E-state index contributed by atoms with van der Waals surface area (Å²) in [5, 5.41) is 9.14. The number of piperazine rings is 1. The Morgan fingerprint density at radius 3 is 2.32 bits per heavy atom. The van der Waals surface area contributed by atoms with Gasteiger partial charge in [-0.2, -0.15) is 0 Å². The van der Waals surface area contributed by atoms with Crippen LogP contribution >= 0.6 is 0 Å². The van der Waals surface area contributed by atoms with E-state index in [2.05, 4.69) is 56.9 Å². The number of benzene rings is 1. The fourth-order valence-corrected chi connectivity index (χ4v) is 5.04. The van der Waals surface area contributed by atoms with Crippen LogP contribution in [0.4, 0.5) is 10.6 Å². The van der Waals surface area contributed by atoms with Crippen LogP contribution in [-0.4, -0.2) is 47.3 Å². The SMILES string of the molecule is CC1(C)CC(C)(C)c2cc(-c3cccc(N4CCN(C(=O)O)CC4)n3)ccc21. The second-order valence-corrected chi connectivity index (χ2v) is 9.34. The van der Waals surface area contributed by atoms with E-state index >= 15 is 0 Å². The molecule has 1 aliphatic heterocycles. The molecular formula is C23H29N3O2. The molecule has 2 aliphatic rings. The maximum atomic E-state index is 11.1. The van der Waals surface area contributed by atoms with Gasteiger partial charge in [0.05, 0.1) is 5.69 Å². The summed E-state index contributed by atoms with van der Waals surface area (Å²) in [5.74, 6) is 0.919. The topological polar surface area (TPSA) is 56.7 Å². The van der Waals surface area contributed by atoms with Crippen LogP contribution in [0.5, 0.6) is 0 Å². The van der Waals surface area contributed by atoms with E-state index in [0.29, 0.717) is 26.2 Å². The average molecular weight is 380 g/mol. The average Bonchev–Trinajstić information content (AvgIpc) is 2.85. The highest BCUT2D eigenvalue weighted by Crippen LogP contribution is 2.50. The van der Waals surface area contributed by atoms with Crippen molar-refractivity contribution >= 4 is 11.9 Å². The minimum atomic E-state index is -0.843. The Morgan fingerprint density at radius 1 is 0.964 bits per heavy atom. The first-order chi connectivity index (χ1) is 13.2. The zero-order valence-corrected chi connectivity index (χ0v) is 17.2. The Hall–Kier alpha value is -2.56. The summed E-state index contributed by atoms with van der Waals surface area (Å²) < 4.78 is 0. The Bertz CT molecular complexity index is 912. The standard InChI is InChI=1S/C23H29N3O2/c1-22(2)15-23(3,4)18-14-16(8-9-17(18)22)19-6-5-7-20(24-19)25-10-12-26(13-11-25)21(27)28/h5-9,14H,10-13,15H2,1-4H3,(H,27,28). The van der Waals surface area contributed by atoms with E-state index in [4.69, 9.17) is 10.1 Å². The van der Waals surface area contributed by atoms with Crippen LogP contribution in [0.2, 0.25) is 0 Å². The van der Waals surface area contributed by atoms with E-state index in [1.54, 1.807) is 0 Å². The van der Waals surface area contributed by atoms with Crippen molar-refractivity contribution in [1.29, 1.82) is 0 Å². The van der Waals surface area contributed by atoms with Crippen molar-refractivity contribution in [3.8, 4) is 11.3 Å². The molecule has 1 N–H and O–H groups in total. The smallest absolute Gasteiger partial charge is 0.407 e. The Labute approximate surface area is 167 Å². The Balaban J connectivity index is 1.62. The summed E-state index contributed by atoms with van der Waals surface area (Å²) in [7, 11) is 0. The molecule has 1 saturated heterocycles. The number of fused-ring (bicyclic) bond motifs is 1. The van der Waals surface area contributed by atoms with Crippen LogP contribution in [0.25, 0.3) is 11.3 Å². The molecule has 1 amide bonds. The van der Waals surface area contributed by atoms with Crippen molar-refractivity contribution in [1.82, 2.24) is 9.88 Å². The van der Waals surface area contributed by atoms with Crippen LogP contribution in [0.3, 0.4) is 0 Å². The molecule has 0 radical (unpaired) electrons. The fourth-order valence-electron chi connectivity index (χ4n) is 5.04. The third kappa shape index (κ3) is 3.23. The number of carbonyl (C=O) groups is 1. The van der Waals surface area contributed by atoms with Gasteiger partial charge in [0.2, 0.25) is 0 Å². The fraction of sp³-hybridized carbons (Fsp3) is 0.478. The van der Waals surface area contributed by atoms with Crippen LogP contribution in [0, 0.1) is 0 Å². The number of amides is 1. The Morgan fingerprint density at radius 2 is 1.64 bits per heavy atom. The third-order valence-corrected chi connectivity index (χ3v) is 6.27. The molecule has 0 spiro atoms. The molecule has 0 atom stereocenters.